The molecule has 1 aromatic carbocycles. The van der Waals surface area contributed by atoms with Crippen LogP contribution in [0.25, 0.3) is 0 Å². The van der Waals surface area contributed by atoms with E-state index in [0.29, 0.717) is 10.7 Å². The molecular formula is C15H19BrO2. The average molecular weight is 311 g/mol. The van der Waals surface area contributed by atoms with Crippen molar-refractivity contribution in [2.24, 2.45) is 5.92 Å². The second-order valence-electron chi connectivity index (χ2n) is 6.17. The van der Waals surface area contributed by atoms with Crippen LogP contribution in [0.4, 0.5) is 0 Å². The standard InChI is InChI=1S/C15H19BrO2/c1-9-7-17-13-4-10-11(5-14(13)18-8-9)15(2,3)6-12(10)16/h4-5,9,12H,6-8H2,1-3H3. The second kappa shape index (κ2) is 4.16. The van der Waals surface area contributed by atoms with Crippen LogP contribution >= 0.6 is 15.9 Å². The lowest BCUT2D eigenvalue weighted by Crippen LogP contribution is -2.13. The van der Waals surface area contributed by atoms with Crippen LogP contribution in [0.15, 0.2) is 12.1 Å². The highest BCUT2D eigenvalue weighted by Crippen LogP contribution is 2.52. The van der Waals surface area contributed by atoms with Gasteiger partial charge in [-0.2, -0.15) is 0 Å². The molecule has 0 fully saturated rings. The van der Waals surface area contributed by atoms with Crippen LogP contribution < -0.4 is 9.47 Å². The number of rotatable bonds is 0. The summed E-state index contributed by atoms with van der Waals surface area (Å²) in [6.07, 6.45) is 1.13. The first-order chi connectivity index (χ1) is 8.47. The van der Waals surface area contributed by atoms with Gasteiger partial charge in [0.1, 0.15) is 0 Å². The Morgan fingerprint density at radius 1 is 1.17 bits per heavy atom. The predicted octanol–water partition coefficient (Wildman–Crippen LogP) is 4.21. The number of fused-ring (bicyclic) bond motifs is 2. The molecule has 0 N–H and O–H groups in total. The van der Waals surface area contributed by atoms with Gasteiger partial charge in [-0.1, -0.05) is 36.7 Å². The zero-order chi connectivity index (χ0) is 12.9. The zero-order valence-electron chi connectivity index (χ0n) is 11.1. The van der Waals surface area contributed by atoms with Crippen LogP contribution in [0.3, 0.4) is 0 Å². The molecule has 3 heteroatoms. The summed E-state index contributed by atoms with van der Waals surface area (Å²) in [7, 11) is 0. The van der Waals surface area contributed by atoms with E-state index in [1.807, 2.05) is 0 Å². The Hall–Kier alpha value is -0.700. The van der Waals surface area contributed by atoms with Gasteiger partial charge in [-0.3, -0.25) is 0 Å². The van der Waals surface area contributed by atoms with E-state index in [4.69, 9.17) is 9.47 Å². The van der Waals surface area contributed by atoms with Gasteiger partial charge in [0.05, 0.1) is 13.2 Å². The Kier molecular flexibility index (Phi) is 2.85. The second-order valence-corrected chi connectivity index (χ2v) is 7.27. The van der Waals surface area contributed by atoms with Gasteiger partial charge in [-0.25, -0.2) is 0 Å². The van der Waals surface area contributed by atoms with E-state index in [0.717, 1.165) is 31.1 Å². The van der Waals surface area contributed by atoms with Crippen molar-refractivity contribution in [1.82, 2.24) is 0 Å². The first-order valence-electron chi connectivity index (χ1n) is 6.55. The van der Waals surface area contributed by atoms with E-state index in [-0.39, 0.29) is 5.41 Å². The third-order valence-corrected chi connectivity index (χ3v) is 4.74. The fraction of sp³-hybridized carbons (Fsp3) is 0.600. The molecule has 0 radical (unpaired) electrons. The smallest absolute Gasteiger partial charge is 0.161 e. The monoisotopic (exact) mass is 310 g/mol. The summed E-state index contributed by atoms with van der Waals surface area (Å²) in [5, 5.41) is 0. The number of halogens is 1. The van der Waals surface area contributed by atoms with Crippen LogP contribution in [0, 0.1) is 5.92 Å². The fourth-order valence-corrected chi connectivity index (χ4v) is 4.01. The fourth-order valence-electron chi connectivity index (χ4n) is 2.83. The maximum atomic E-state index is 5.87. The van der Waals surface area contributed by atoms with Crippen molar-refractivity contribution in [2.75, 3.05) is 13.2 Å². The van der Waals surface area contributed by atoms with E-state index in [1.165, 1.54) is 11.1 Å². The Morgan fingerprint density at radius 3 is 2.44 bits per heavy atom. The number of hydrogen-bond donors (Lipinski definition) is 0. The van der Waals surface area contributed by atoms with Gasteiger partial charge < -0.3 is 9.47 Å². The Labute approximate surface area is 117 Å². The SMILES string of the molecule is CC1COc2cc3c(cc2OC1)C(C)(C)CC3Br. The van der Waals surface area contributed by atoms with E-state index in [9.17, 15) is 0 Å². The van der Waals surface area contributed by atoms with Crippen LogP contribution in [-0.2, 0) is 5.41 Å². The van der Waals surface area contributed by atoms with Crippen LogP contribution in [0.2, 0.25) is 0 Å². The third-order valence-electron chi connectivity index (χ3n) is 3.92. The summed E-state index contributed by atoms with van der Waals surface area (Å²) >= 11 is 3.78. The molecule has 0 bridgehead atoms. The highest BCUT2D eigenvalue weighted by atomic mass is 79.9. The van der Waals surface area contributed by atoms with E-state index < -0.39 is 0 Å². The Balaban J connectivity index is 2.07. The number of alkyl halides is 1. The molecule has 0 saturated heterocycles. The molecule has 1 aliphatic heterocycles. The predicted molar refractivity (Wildman–Crippen MR) is 75.9 cm³/mol. The van der Waals surface area contributed by atoms with Crippen molar-refractivity contribution in [2.45, 2.75) is 37.4 Å². The van der Waals surface area contributed by atoms with Gasteiger partial charge in [0.2, 0.25) is 0 Å². The van der Waals surface area contributed by atoms with Crippen LogP contribution in [-0.4, -0.2) is 13.2 Å². The summed E-state index contributed by atoms with van der Waals surface area (Å²) < 4.78 is 11.7. The first-order valence-corrected chi connectivity index (χ1v) is 7.47. The molecule has 0 amide bonds. The van der Waals surface area contributed by atoms with Crippen molar-refractivity contribution in [3.8, 4) is 11.5 Å². The molecule has 2 unspecified atom stereocenters. The third kappa shape index (κ3) is 1.93. The molecule has 1 heterocycles. The topological polar surface area (TPSA) is 18.5 Å². The molecule has 0 aromatic heterocycles. The Bertz CT molecular complexity index is 482. The molecule has 2 atom stereocenters. The van der Waals surface area contributed by atoms with Gasteiger partial charge in [0.25, 0.3) is 0 Å². The summed E-state index contributed by atoms with van der Waals surface area (Å²) in [6, 6.07) is 4.35. The van der Waals surface area contributed by atoms with E-state index in [2.05, 4.69) is 48.8 Å². The quantitative estimate of drug-likeness (QED) is 0.668. The van der Waals surface area contributed by atoms with Gasteiger partial charge in [-0.05, 0) is 35.1 Å². The normalized spacial score (nSPS) is 28.7. The minimum absolute atomic E-state index is 0.208. The van der Waals surface area contributed by atoms with Gasteiger partial charge >= 0.3 is 0 Å². The lowest BCUT2D eigenvalue weighted by Gasteiger charge is -2.20. The summed E-state index contributed by atoms with van der Waals surface area (Å²) in [4.78, 5) is 0.428. The molecule has 18 heavy (non-hydrogen) atoms. The molecule has 0 saturated carbocycles. The molecule has 98 valence electrons. The Morgan fingerprint density at radius 2 is 1.78 bits per heavy atom. The lowest BCUT2D eigenvalue weighted by molar-refractivity contribution is 0.228. The van der Waals surface area contributed by atoms with Gasteiger partial charge in [0, 0.05) is 10.7 Å². The highest BCUT2D eigenvalue weighted by molar-refractivity contribution is 9.09. The van der Waals surface area contributed by atoms with Crippen molar-refractivity contribution < 1.29 is 9.47 Å². The zero-order valence-corrected chi connectivity index (χ0v) is 12.7. The van der Waals surface area contributed by atoms with Gasteiger partial charge in [-0.15, -0.1) is 0 Å². The molecule has 1 aromatic rings. The van der Waals surface area contributed by atoms with Gasteiger partial charge in [0.15, 0.2) is 11.5 Å². The lowest BCUT2D eigenvalue weighted by atomic mass is 9.86. The minimum Gasteiger partial charge on any atom is -0.489 e. The maximum Gasteiger partial charge on any atom is 0.161 e. The van der Waals surface area contributed by atoms with Crippen molar-refractivity contribution in [3.05, 3.63) is 23.3 Å². The molecule has 0 spiro atoms. The minimum atomic E-state index is 0.208. The van der Waals surface area contributed by atoms with Crippen molar-refractivity contribution >= 4 is 15.9 Å². The largest absolute Gasteiger partial charge is 0.489 e. The molecule has 3 rings (SSSR count). The first kappa shape index (κ1) is 12.3. The van der Waals surface area contributed by atoms with E-state index in [1.54, 1.807) is 0 Å². The molecule has 2 nitrogen and oxygen atoms in total. The van der Waals surface area contributed by atoms with Crippen molar-refractivity contribution in [3.63, 3.8) is 0 Å². The molecule has 1 aliphatic carbocycles. The molecular weight excluding hydrogens is 292 g/mol. The summed E-state index contributed by atoms with van der Waals surface area (Å²) in [5.41, 5.74) is 2.96. The summed E-state index contributed by atoms with van der Waals surface area (Å²) in [6.45, 7) is 8.21. The number of ether oxygens (including phenoxy) is 2. The van der Waals surface area contributed by atoms with E-state index >= 15 is 0 Å². The number of hydrogen-bond acceptors (Lipinski definition) is 2. The summed E-state index contributed by atoms with van der Waals surface area (Å²) in [5.74, 6) is 2.26. The maximum absolute atomic E-state index is 5.87. The molecule has 2 aliphatic rings. The van der Waals surface area contributed by atoms with Crippen LogP contribution in [0.5, 0.6) is 11.5 Å². The number of benzene rings is 1. The van der Waals surface area contributed by atoms with Crippen LogP contribution in [0.1, 0.15) is 43.1 Å². The average Bonchev–Trinajstić information content (AvgIpc) is 2.47. The highest BCUT2D eigenvalue weighted by Gasteiger charge is 2.37. The van der Waals surface area contributed by atoms with Crippen molar-refractivity contribution in [1.29, 1.82) is 0 Å².